The molecule has 5 nitrogen and oxygen atoms in total. The van der Waals surface area contributed by atoms with E-state index in [0.717, 1.165) is 18.2 Å². The summed E-state index contributed by atoms with van der Waals surface area (Å²) in [4.78, 5) is 32.9. The Morgan fingerprint density at radius 2 is 1.59 bits per heavy atom. The molecule has 4 N–H and O–H groups in total. The molecule has 90 valence electrons. The van der Waals surface area contributed by atoms with E-state index in [9.17, 15) is 23.2 Å². The molecule has 0 spiro atoms. The highest BCUT2D eigenvalue weighted by atomic mass is 19.3. The number of primary amides is 2. The van der Waals surface area contributed by atoms with E-state index in [2.05, 4.69) is 0 Å². The number of rotatable bonds is 4. The maximum Gasteiger partial charge on any atom is 0.300 e. The minimum atomic E-state index is -3.30. The summed E-state index contributed by atoms with van der Waals surface area (Å²) >= 11 is 0. The van der Waals surface area contributed by atoms with Crippen molar-refractivity contribution in [2.24, 2.45) is 11.5 Å². The predicted molar refractivity (Wildman–Crippen MR) is 53.8 cm³/mol. The molecule has 0 atom stereocenters. The summed E-state index contributed by atoms with van der Waals surface area (Å²) in [5, 5.41) is 0. The Bertz CT molecular complexity index is 500. The van der Waals surface area contributed by atoms with Gasteiger partial charge in [-0.1, -0.05) is 0 Å². The number of ketones is 1. The molecule has 0 aromatic heterocycles. The fraction of sp³-hybridized carbons (Fsp3) is 0.100. The second-order valence-corrected chi connectivity index (χ2v) is 3.15. The first-order valence-corrected chi connectivity index (χ1v) is 4.40. The lowest BCUT2D eigenvalue weighted by Gasteiger charge is -2.06. The number of carbonyl (C=O) groups excluding carboxylic acids is 3. The zero-order valence-electron chi connectivity index (χ0n) is 8.44. The highest BCUT2D eigenvalue weighted by Gasteiger charge is 2.24. The van der Waals surface area contributed by atoms with Crippen LogP contribution < -0.4 is 11.5 Å². The summed E-state index contributed by atoms with van der Waals surface area (Å²) in [6.45, 7) is 0. The van der Waals surface area contributed by atoms with Gasteiger partial charge in [-0.3, -0.25) is 14.4 Å². The van der Waals surface area contributed by atoms with Gasteiger partial charge >= 0.3 is 6.43 Å². The summed E-state index contributed by atoms with van der Waals surface area (Å²) in [5.74, 6) is -3.52. The maximum absolute atomic E-state index is 12.3. The molecule has 0 heterocycles. The van der Waals surface area contributed by atoms with E-state index in [1.165, 1.54) is 0 Å². The molecule has 0 unspecified atom stereocenters. The Balaban J connectivity index is 3.40. The third kappa shape index (κ3) is 2.63. The van der Waals surface area contributed by atoms with Crippen LogP contribution in [0.1, 0.15) is 31.1 Å². The number of benzene rings is 1. The fourth-order valence-electron chi connectivity index (χ4n) is 1.23. The molecule has 1 rings (SSSR count). The SMILES string of the molecule is NC(=O)c1ccc(C(N)=O)c(C(=O)C(F)F)c1. The number of alkyl halides is 2. The lowest BCUT2D eigenvalue weighted by Crippen LogP contribution is -2.21. The van der Waals surface area contributed by atoms with Crippen LogP contribution in [-0.4, -0.2) is 24.0 Å². The van der Waals surface area contributed by atoms with Crippen molar-refractivity contribution in [3.05, 3.63) is 34.9 Å². The van der Waals surface area contributed by atoms with Gasteiger partial charge in [0.2, 0.25) is 17.6 Å². The molecule has 0 saturated carbocycles. The standard InChI is InChI=1S/C10H8F2N2O3/c11-8(12)7(15)6-3-4(9(13)16)1-2-5(6)10(14)17/h1-3,8H,(H2,13,16)(H2,14,17). The minimum absolute atomic E-state index is 0.154. The molecule has 1 aromatic carbocycles. The fourth-order valence-corrected chi connectivity index (χ4v) is 1.23. The first-order valence-electron chi connectivity index (χ1n) is 4.40. The number of carbonyl (C=O) groups is 3. The van der Waals surface area contributed by atoms with Crippen LogP contribution in [0.3, 0.4) is 0 Å². The van der Waals surface area contributed by atoms with Crippen LogP contribution in [-0.2, 0) is 0 Å². The summed E-state index contributed by atoms with van der Waals surface area (Å²) in [6.07, 6.45) is -3.30. The maximum atomic E-state index is 12.3. The van der Waals surface area contributed by atoms with Gasteiger partial charge in [0.15, 0.2) is 0 Å². The van der Waals surface area contributed by atoms with Crippen molar-refractivity contribution < 1.29 is 23.2 Å². The monoisotopic (exact) mass is 242 g/mol. The molecule has 0 aliphatic heterocycles. The Labute approximate surface area is 94.4 Å². The Hall–Kier alpha value is -2.31. The van der Waals surface area contributed by atoms with Gasteiger partial charge in [0.25, 0.3) is 0 Å². The summed E-state index contributed by atoms with van der Waals surface area (Å²) in [5.41, 5.74) is 8.72. The van der Waals surface area contributed by atoms with Crippen molar-refractivity contribution >= 4 is 17.6 Å². The van der Waals surface area contributed by atoms with Gasteiger partial charge in [-0.2, -0.15) is 0 Å². The summed E-state index contributed by atoms with van der Waals surface area (Å²) < 4.78 is 24.5. The van der Waals surface area contributed by atoms with Crippen LogP contribution in [0.15, 0.2) is 18.2 Å². The number of Topliss-reactive ketones (excluding diaryl/α,β-unsaturated/α-hetero) is 1. The van der Waals surface area contributed by atoms with Crippen molar-refractivity contribution in [1.29, 1.82) is 0 Å². The van der Waals surface area contributed by atoms with Gasteiger partial charge in [0.1, 0.15) is 0 Å². The molecule has 17 heavy (non-hydrogen) atoms. The smallest absolute Gasteiger partial charge is 0.300 e. The lowest BCUT2D eigenvalue weighted by atomic mass is 10.00. The molecule has 1 aromatic rings. The van der Waals surface area contributed by atoms with Crippen molar-refractivity contribution in [3.8, 4) is 0 Å². The highest BCUT2D eigenvalue weighted by molar-refractivity contribution is 6.10. The summed E-state index contributed by atoms with van der Waals surface area (Å²) in [6, 6.07) is 2.97. The number of hydrogen-bond acceptors (Lipinski definition) is 3. The normalized spacial score (nSPS) is 10.3. The molecular formula is C10H8F2N2O3. The number of amides is 2. The van der Waals surface area contributed by atoms with Crippen LogP contribution in [0, 0.1) is 0 Å². The van der Waals surface area contributed by atoms with Gasteiger partial charge in [0, 0.05) is 11.1 Å². The molecule has 7 heteroatoms. The van der Waals surface area contributed by atoms with E-state index in [-0.39, 0.29) is 11.1 Å². The third-order valence-electron chi connectivity index (χ3n) is 2.03. The third-order valence-corrected chi connectivity index (χ3v) is 2.03. The number of nitrogens with two attached hydrogens (primary N) is 2. The number of hydrogen-bond donors (Lipinski definition) is 2. The van der Waals surface area contributed by atoms with Crippen molar-refractivity contribution in [1.82, 2.24) is 0 Å². The first kappa shape index (κ1) is 12.8. The van der Waals surface area contributed by atoms with Gasteiger partial charge < -0.3 is 11.5 Å². The zero-order chi connectivity index (χ0) is 13.2. The topological polar surface area (TPSA) is 103 Å². The number of halogens is 2. The van der Waals surface area contributed by atoms with Crippen molar-refractivity contribution in [2.45, 2.75) is 6.43 Å². The Morgan fingerprint density at radius 1 is 1.00 bits per heavy atom. The van der Waals surface area contributed by atoms with E-state index in [1.54, 1.807) is 0 Å². The molecule has 2 amide bonds. The van der Waals surface area contributed by atoms with Crippen LogP contribution in [0.4, 0.5) is 8.78 Å². The van der Waals surface area contributed by atoms with Gasteiger partial charge in [-0.15, -0.1) is 0 Å². The van der Waals surface area contributed by atoms with Gasteiger partial charge in [0.05, 0.1) is 5.56 Å². The molecular weight excluding hydrogens is 234 g/mol. The molecule has 0 fully saturated rings. The minimum Gasteiger partial charge on any atom is -0.366 e. The van der Waals surface area contributed by atoms with Crippen LogP contribution >= 0.6 is 0 Å². The van der Waals surface area contributed by atoms with Gasteiger partial charge in [-0.05, 0) is 18.2 Å². The van der Waals surface area contributed by atoms with Crippen molar-refractivity contribution in [2.75, 3.05) is 0 Å². The van der Waals surface area contributed by atoms with Crippen LogP contribution in [0.5, 0.6) is 0 Å². The van der Waals surface area contributed by atoms with Crippen molar-refractivity contribution in [3.63, 3.8) is 0 Å². The zero-order valence-corrected chi connectivity index (χ0v) is 8.44. The van der Waals surface area contributed by atoms with Gasteiger partial charge in [-0.25, -0.2) is 8.78 Å². The second-order valence-electron chi connectivity index (χ2n) is 3.15. The Kier molecular flexibility index (Phi) is 3.52. The average Bonchev–Trinajstić information content (AvgIpc) is 2.26. The second kappa shape index (κ2) is 4.69. The predicted octanol–water partition coefficient (Wildman–Crippen LogP) is 0.332. The molecule has 0 aliphatic carbocycles. The van der Waals surface area contributed by atoms with E-state index in [0.29, 0.717) is 0 Å². The molecule has 0 radical (unpaired) electrons. The van der Waals surface area contributed by atoms with E-state index in [1.807, 2.05) is 0 Å². The molecule has 0 aliphatic rings. The Morgan fingerprint density at radius 3 is 2.00 bits per heavy atom. The first-order chi connectivity index (χ1) is 7.84. The lowest BCUT2D eigenvalue weighted by molar-refractivity contribution is 0.0675. The average molecular weight is 242 g/mol. The quantitative estimate of drug-likeness (QED) is 0.743. The van der Waals surface area contributed by atoms with E-state index in [4.69, 9.17) is 11.5 Å². The van der Waals surface area contributed by atoms with Crippen LogP contribution in [0.25, 0.3) is 0 Å². The van der Waals surface area contributed by atoms with E-state index >= 15 is 0 Å². The summed E-state index contributed by atoms with van der Waals surface area (Å²) in [7, 11) is 0. The van der Waals surface area contributed by atoms with E-state index < -0.39 is 29.6 Å². The highest BCUT2D eigenvalue weighted by Crippen LogP contribution is 2.15. The van der Waals surface area contributed by atoms with Crippen LogP contribution in [0.2, 0.25) is 0 Å². The molecule has 0 bridgehead atoms. The largest absolute Gasteiger partial charge is 0.366 e. The molecule has 0 saturated heterocycles.